The van der Waals surface area contributed by atoms with E-state index in [-0.39, 0.29) is 12.0 Å². The van der Waals surface area contributed by atoms with Crippen molar-refractivity contribution < 1.29 is 26.3 Å². The van der Waals surface area contributed by atoms with E-state index in [0.717, 1.165) is 37.8 Å². The molecule has 1 aliphatic carbocycles. The van der Waals surface area contributed by atoms with Crippen molar-refractivity contribution in [3.63, 3.8) is 0 Å². The van der Waals surface area contributed by atoms with Crippen LogP contribution in [0.4, 0.5) is 26.3 Å². The normalized spacial score (nSPS) is 19.6. The van der Waals surface area contributed by atoms with Crippen molar-refractivity contribution in [1.82, 2.24) is 0 Å². The highest BCUT2D eigenvalue weighted by Crippen LogP contribution is 2.43. The van der Waals surface area contributed by atoms with Gasteiger partial charge in [0, 0.05) is 11.1 Å². The molecular weight excluding hydrogens is 390 g/mol. The molecule has 29 heavy (non-hydrogen) atoms. The maximum absolute atomic E-state index is 14.8. The van der Waals surface area contributed by atoms with Crippen LogP contribution in [0.3, 0.4) is 0 Å². The molecule has 0 radical (unpaired) electrons. The van der Waals surface area contributed by atoms with Gasteiger partial charge in [0.2, 0.25) is 0 Å². The molecule has 0 unspecified atom stereocenters. The molecule has 2 aromatic carbocycles. The Morgan fingerprint density at radius 1 is 0.724 bits per heavy atom. The highest BCUT2D eigenvalue weighted by molar-refractivity contribution is 5.67. The van der Waals surface area contributed by atoms with E-state index in [0.29, 0.717) is 18.8 Å². The van der Waals surface area contributed by atoms with Crippen LogP contribution in [0.1, 0.15) is 69.4 Å². The molecule has 1 aliphatic rings. The van der Waals surface area contributed by atoms with Crippen molar-refractivity contribution in [3.05, 3.63) is 58.2 Å². The third-order valence-corrected chi connectivity index (χ3v) is 6.06. The van der Waals surface area contributed by atoms with Crippen LogP contribution in [0.25, 0.3) is 11.1 Å². The summed E-state index contributed by atoms with van der Waals surface area (Å²) >= 11 is 0. The molecule has 158 valence electrons. The molecule has 3 rings (SSSR count). The van der Waals surface area contributed by atoms with Crippen LogP contribution in [-0.4, -0.2) is 0 Å². The Labute approximate surface area is 166 Å². The number of hydrogen-bond donors (Lipinski definition) is 0. The van der Waals surface area contributed by atoms with E-state index in [1.165, 1.54) is 0 Å². The number of rotatable bonds is 5. The monoisotopic (exact) mass is 414 g/mol. The lowest BCUT2D eigenvalue weighted by Gasteiger charge is -2.29. The molecule has 0 N–H and O–H groups in total. The lowest BCUT2D eigenvalue weighted by atomic mass is 9.76. The average Bonchev–Trinajstić information content (AvgIpc) is 2.71. The number of halogens is 6. The third kappa shape index (κ3) is 3.90. The fraction of sp³-hybridized carbons (Fsp3) is 0.478. The summed E-state index contributed by atoms with van der Waals surface area (Å²) in [7, 11) is 0. The standard InChI is InChI=1S/C23H24F6/c1-3-5-12-6-8-14(9-7-12)16-20(26)22(28)17(23(29)21(16)27)15-11-10-13(4-2)18(24)19(15)25/h10-12,14H,3-9H2,1-2H3. The van der Waals surface area contributed by atoms with Gasteiger partial charge in [0.25, 0.3) is 0 Å². The maximum atomic E-state index is 14.8. The minimum Gasteiger partial charge on any atom is -0.203 e. The Kier molecular flexibility index (Phi) is 6.59. The van der Waals surface area contributed by atoms with E-state index in [2.05, 4.69) is 6.92 Å². The Morgan fingerprint density at radius 3 is 1.83 bits per heavy atom. The zero-order valence-corrected chi connectivity index (χ0v) is 16.5. The minimum absolute atomic E-state index is 0.00784. The second kappa shape index (κ2) is 8.80. The summed E-state index contributed by atoms with van der Waals surface area (Å²) in [5.41, 5.74) is -2.65. The van der Waals surface area contributed by atoms with E-state index in [1.54, 1.807) is 6.92 Å². The molecule has 6 heteroatoms. The quantitative estimate of drug-likeness (QED) is 0.346. The molecule has 0 bridgehead atoms. The Balaban J connectivity index is 2.05. The van der Waals surface area contributed by atoms with Crippen LogP contribution in [0, 0.1) is 40.8 Å². The molecule has 0 aromatic heterocycles. The summed E-state index contributed by atoms with van der Waals surface area (Å²) in [5.74, 6) is -9.38. The minimum atomic E-state index is -1.68. The van der Waals surface area contributed by atoms with Crippen LogP contribution in [0.2, 0.25) is 0 Å². The number of aryl methyl sites for hydroxylation is 1. The van der Waals surface area contributed by atoms with Crippen LogP contribution in [0.5, 0.6) is 0 Å². The van der Waals surface area contributed by atoms with Crippen LogP contribution in [0.15, 0.2) is 12.1 Å². The van der Waals surface area contributed by atoms with Gasteiger partial charge in [0.05, 0.1) is 5.56 Å². The number of benzene rings is 2. The predicted molar refractivity (Wildman–Crippen MR) is 101 cm³/mol. The van der Waals surface area contributed by atoms with Gasteiger partial charge in [-0.15, -0.1) is 0 Å². The first-order valence-corrected chi connectivity index (χ1v) is 10.1. The Bertz CT molecular complexity index is 868. The van der Waals surface area contributed by atoms with E-state index < -0.39 is 57.5 Å². The summed E-state index contributed by atoms with van der Waals surface area (Å²) in [6.07, 6.45) is 4.53. The molecule has 1 fully saturated rings. The zero-order chi connectivity index (χ0) is 21.3. The molecule has 0 nitrogen and oxygen atoms in total. The summed E-state index contributed by atoms with van der Waals surface area (Å²) in [4.78, 5) is 0. The Hall–Kier alpha value is -1.98. The van der Waals surface area contributed by atoms with Crippen molar-refractivity contribution in [2.45, 2.75) is 64.7 Å². The Morgan fingerprint density at radius 2 is 1.31 bits per heavy atom. The van der Waals surface area contributed by atoms with Gasteiger partial charge in [0.15, 0.2) is 34.9 Å². The average molecular weight is 414 g/mol. The zero-order valence-electron chi connectivity index (χ0n) is 16.5. The van der Waals surface area contributed by atoms with Crippen molar-refractivity contribution in [2.75, 3.05) is 0 Å². The van der Waals surface area contributed by atoms with Gasteiger partial charge in [-0.1, -0.05) is 38.8 Å². The van der Waals surface area contributed by atoms with Gasteiger partial charge in [-0.25, -0.2) is 26.3 Å². The third-order valence-electron chi connectivity index (χ3n) is 6.06. The highest BCUT2D eigenvalue weighted by Gasteiger charge is 2.33. The van der Waals surface area contributed by atoms with Crippen LogP contribution >= 0.6 is 0 Å². The van der Waals surface area contributed by atoms with Crippen molar-refractivity contribution >= 4 is 0 Å². The maximum Gasteiger partial charge on any atom is 0.170 e. The molecule has 1 saturated carbocycles. The van der Waals surface area contributed by atoms with E-state index in [9.17, 15) is 26.3 Å². The van der Waals surface area contributed by atoms with Gasteiger partial charge < -0.3 is 0 Å². The fourth-order valence-corrected chi connectivity index (χ4v) is 4.45. The molecule has 0 heterocycles. The number of hydrogen-bond acceptors (Lipinski definition) is 0. The largest absolute Gasteiger partial charge is 0.203 e. The van der Waals surface area contributed by atoms with E-state index in [1.807, 2.05) is 0 Å². The molecule has 2 aromatic rings. The second-order valence-corrected chi connectivity index (χ2v) is 7.80. The molecule has 0 aliphatic heterocycles. The van der Waals surface area contributed by atoms with Crippen LogP contribution in [-0.2, 0) is 6.42 Å². The first-order chi connectivity index (χ1) is 13.8. The van der Waals surface area contributed by atoms with Gasteiger partial charge in [0.1, 0.15) is 0 Å². The van der Waals surface area contributed by atoms with Gasteiger partial charge in [-0.3, -0.25) is 0 Å². The molecule has 0 saturated heterocycles. The van der Waals surface area contributed by atoms with E-state index >= 15 is 0 Å². The highest BCUT2D eigenvalue weighted by atomic mass is 19.2. The van der Waals surface area contributed by atoms with Gasteiger partial charge in [-0.05, 0) is 49.5 Å². The molecule has 0 spiro atoms. The summed E-state index contributed by atoms with van der Waals surface area (Å²) < 4.78 is 87.6. The summed E-state index contributed by atoms with van der Waals surface area (Å²) in [6.45, 7) is 3.64. The van der Waals surface area contributed by atoms with Crippen molar-refractivity contribution in [3.8, 4) is 11.1 Å². The lowest BCUT2D eigenvalue weighted by Crippen LogP contribution is -2.17. The molecular formula is C23H24F6. The topological polar surface area (TPSA) is 0 Å². The van der Waals surface area contributed by atoms with E-state index in [4.69, 9.17) is 0 Å². The summed E-state index contributed by atoms with van der Waals surface area (Å²) in [6, 6.07) is 2.11. The van der Waals surface area contributed by atoms with Crippen LogP contribution < -0.4 is 0 Å². The van der Waals surface area contributed by atoms with Gasteiger partial charge >= 0.3 is 0 Å². The SMILES string of the molecule is CCCC1CCC(c2c(F)c(F)c(-c3ccc(CC)c(F)c3F)c(F)c2F)CC1. The predicted octanol–water partition coefficient (Wildman–Crippen LogP) is 7.82. The summed E-state index contributed by atoms with van der Waals surface area (Å²) in [5, 5.41) is 0. The first kappa shape index (κ1) is 21.7. The smallest absolute Gasteiger partial charge is 0.170 e. The first-order valence-electron chi connectivity index (χ1n) is 10.1. The molecule has 0 amide bonds. The van der Waals surface area contributed by atoms with Crippen molar-refractivity contribution in [1.29, 1.82) is 0 Å². The lowest BCUT2D eigenvalue weighted by molar-refractivity contribution is 0.295. The van der Waals surface area contributed by atoms with Crippen molar-refractivity contribution in [2.24, 2.45) is 5.92 Å². The molecule has 0 atom stereocenters. The van der Waals surface area contributed by atoms with Gasteiger partial charge in [-0.2, -0.15) is 0 Å². The second-order valence-electron chi connectivity index (χ2n) is 7.80. The fourth-order valence-electron chi connectivity index (χ4n) is 4.45.